The van der Waals surface area contributed by atoms with Crippen molar-refractivity contribution in [2.24, 2.45) is 5.92 Å². The van der Waals surface area contributed by atoms with Crippen molar-refractivity contribution in [1.82, 2.24) is 9.88 Å². The number of para-hydroxylation sites is 2. The van der Waals surface area contributed by atoms with Crippen molar-refractivity contribution in [3.8, 4) is 0 Å². The summed E-state index contributed by atoms with van der Waals surface area (Å²) in [6.45, 7) is 2.82. The van der Waals surface area contributed by atoms with Gasteiger partial charge in [-0.05, 0) is 37.8 Å². The first-order chi connectivity index (χ1) is 11.7. The molecule has 128 valence electrons. The Morgan fingerprint density at radius 3 is 2.71 bits per heavy atom. The van der Waals surface area contributed by atoms with Gasteiger partial charge in [-0.15, -0.1) is 0 Å². The summed E-state index contributed by atoms with van der Waals surface area (Å²) in [6.07, 6.45) is 2.96. The summed E-state index contributed by atoms with van der Waals surface area (Å²) in [7, 11) is 0. The molecule has 0 saturated carbocycles. The summed E-state index contributed by atoms with van der Waals surface area (Å²) >= 11 is 0. The molecule has 2 saturated heterocycles. The van der Waals surface area contributed by atoms with E-state index in [2.05, 4.69) is 9.88 Å². The summed E-state index contributed by atoms with van der Waals surface area (Å²) in [6, 6.07) is 8.40. The number of aromatic nitrogens is 1. The molecule has 1 amide bonds. The van der Waals surface area contributed by atoms with Crippen molar-refractivity contribution in [3.05, 3.63) is 24.3 Å². The molecule has 4 rings (SSSR count). The van der Waals surface area contributed by atoms with Crippen LogP contribution in [0.1, 0.15) is 25.7 Å². The topological polar surface area (TPSA) is 69.8 Å². The molecule has 24 heavy (non-hydrogen) atoms. The summed E-state index contributed by atoms with van der Waals surface area (Å²) in [4.78, 5) is 21.1. The monoisotopic (exact) mass is 329 g/mol. The van der Waals surface area contributed by atoms with Gasteiger partial charge in [-0.2, -0.15) is 4.98 Å². The maximum absolute atomic E-state index is 12.6. The minimum Gasteiger partial charge on any atom is -0.423 e. The van der Waals surface area contributed by atoms with E-state index in [0.29, 0.717) is 12.6 Å². The lowest BCUT2D eigenvalue weighted by atomic mass is 9.94. The lowest BCUT2D eigenvalue weighted by Crippen LogP contribution is -2.47. The number of likely N-dealkylation sites (tertiary alicyclic amines) is 1. The van der Waals surface area contributed by atoms with Gasteiger partial charge < -0.3 is 19.3 Å². The van der Waals surface area contributed by atoms with Gasteiger partial charge in [-0.1, -0.05) is 12.1 Å². The van der Waals surface area contributed by atoms with E-state index in [1.165, 1.54) is 0 Å². The fourth-order valence-electron chi connectivity index (χ4n) is 3.73. The van der Waals surface area contributed by atoms with Crippen LogP contribution in [-0.4, -0.2) is 53.2 Å². The number of aliphatic hydroxyl groups is 1. The van der Waals surface area contributed by atoms with Crippen molar-refractivity contribution in [2.45, 2.75) is 31.8 Å². The third-order valence-electron chi connectivity index (χ3n) is 5.11. The largest absolute Gasteiger partial charge is 0.423 e. The number of carbonyl (C=O) groups is 1. The van der Waals surface area contributed by atoms with E-state index in [1.54, 1.807) is 0 Å². The Hall–Kier alpha value is -2.08. The Morgan fingerprint density at radius 1 is 1.17 bits per heavy atom. The smallest absolute Gasteiger partial charge is 0.298 e. The summed E-state index contributed by atoms with van der Waals surface area (Å²) in [5.41, 5.74) is 1.67. The molecule has 2 fully saturated rings. The average molecular weight is 329 g/mol. The highest BCUT2D eigenvalue weighted by Crippen LogP contribution is 2.27. The van der Waals surface area contributed by atoms with Crippen LogP contribution >= 0.6 is 0 Å². The van der Waals surface area contributed by atoms with Crippen LogP contribution in [0.3, 0.4) is 0 Å². The van der Waals surface area contributed by atoms with Crippen molar-refractivity contribution in [2.75, 3.05) is 31.1 Å². The lowest BCUT2D eigenvalue weighted by molar-refractivity contribution is -0.139. The Bertz CT molecular complexity index is 688. The molecule has 0 spiro atoms. The van der Waals surface area contributed by atoms with Crippen molar-refractivity contribution < 1.29 is 14.3 Å². The number of β-amino-alcohol motifs (C(OH)–C–C–N with tert-alkyl or cyclic N) is 1. The number of rotatable bonds is 2. The molecular weight excluding hydrogens is 306 g/mol. The zero-order chi connectivity index (χ0) is 16.5. The van der Waals surface area contributed by atoms with Crippen LogP contribution in [0, 0.1) is 5.92 Å². The third kappa shape index (κ3) is 2.98. The van der Waals surface area contributed by atoms with Gasteiger partial charge in [-0.25, -0.2) is 0 Å². The third-order valence-corrected chi connectivity index (χ3v) is 5.11. The number of fused-ring (bicyclic) bond motifs is 1. The summed E-state index contributed by atoms with van der Waals surface area (Å²) < 4.78 is 5.82. The van der Waals surface area contributed by atoms with E-state index in [9.17, 15) is 9.90 Å². The van der Waals surface area contributed by atoms with Gasteiger partial charge in [0.1, 0.15) is 5.52 Å². The van der Waals surface area contributed by atoms with E-state index in [0.717, 1.165) is 56.4 Å². The highest BCUT2D eigenvalue weighted by atomic mass is 16.4. The second-order valence-electron chi connectivity index (χ2n) is 6.81. The number of carbonyl (C=O) groups excluding carboxylic acids is 1. The zero-order valence-electron chi connectivity index (χ0n) is 13.7. The molecule has 0 radical (unpaired) electrons. The van der Waals surface area contributed by atoms with Gasteiger partial charge in [0.25, 0.3) is 6.01 Å². The Kier molecular flexibility index (Phi) is 4.14. The Balaban J connectivity index is 1.38. The highest BCUT2D eigenvalue weighted by molar-refractivity contribution is 5.79. The number of nitrogens with zero attached hydrogens (tertiary/aromatic N) is 3. The zero-order valence-corrected chi connectivity index (χ0v) is 13.7. The van der Waals surface area contributed by atoms with E-state index in [-0.39, 0.29) is 17.9 Å². The number of amides is 1. The Morgan fingerprint density at radius 2 is 1.96 bits per heavy atom. The molecule has 1 N–H and O–H groups in total. The fraction of sp³-hybridized carbons (Fsp3) is 0.556. The number of aliphatic hydroxyl groups excluding tert-OH is 1. The molecule has 3 heterocycles. The molecular formula is C18H23N3O3. The predicted molar refractivity (Wildman–Crippen MR) is 90.8 cm³/mol. The molecule has 1 unspecified atom stereocenters. The van der Waals surface area contributed by atoms with Crippen molar-refractivity contribution in [1.29, 1.82) is 0 Å². The van der Waals surface area contributed by atoms with Gasteiger partial charge in [0.15, 0.2) is 5.58 Å². The highest BCUT2D eigenvalue weighted by Gasteiger charge is 2.32. The molecule has 6 heteroatoms. The number of benzene rings is 1. The molecule has 1 atom stereocenters. The first-order valence-electron chi connectivity index (χ1n) is 8.78. The number of piperidine rings is 2. The van der Waals surface area contributed by atoms with Gasteiger partial charge >= 0.3 is 0 Å². The van der Waals surface area contributed by atoms with Gasteiger partial charge in [0.2, 0.25) is 5.91 Å². The van der Waals surface area contributed by atoms with E-state index < -0.39 is 0 Å². The number of hydrogen-bond donors (Lipinski definition) is 1. The molecule has 1 aromatic carbocycles. The molecule has 2 aromatic rings. The maximum Gasteiger partial charge on any atom is 0.298 e. The van der Waals surface area contributed by atoms with Crippen LogP contribution in [0.2, 0.25) is 0 Å². The molecule has 6 nitrogen and oxygen atoms in total. The second kappa shape index (κ2) is 6.43. The lowest BCUT2D eigenvalue weighted by Gasteiger charge is -2.36. The molecule has 2 aliphatic heterocycles. The maximum atomic E-state index is 12.6. The van der Waals surface area contributed by atoms with Crippen LogP contribution in [0.15, 0.2) is 28.7 Å². The fourth-order valence-corrected chi connectivity index (χ4v) is 3.73. The van der Waals surface area contributed by atoms with Gasteiger partial charge in [0.05, 0.1) is 6.10 Å². The Labute approximate surface area is 141 Å². The molecule has 0 aliphatic carbocycles. The quantitative estimate of drug-likeness (QED) is 0.913. The van der Waals surface area contributed by atoms with Crippen LogP contribution < -0.4 is 4.90 Å². The van der Waals surface area contributed by atoms with Crippen LogP contribution in [0.5, 0.6) is 0 Å². The van der Waals surface area contributed by atoms with Gasteiger partial charge in [0, 0.05) is 32.1 Å². The van der Waals surface area contributed by atoms with Crippen LogP contribution in [0.25, 0.3) is 11.1 Å². The van der Waals surface area contributed by atoms with Gasteiger partial charge in [-0.3, -0.25) is 4.79 Å². The van der Waals surface area contributed by atoms with Crippen molar-refractivity contribution in [3.63, 3.8) is 0 Å². The molecule has 1 aromatic heterocycles. The number of oxazole rings is 1. The van der Waals surface area contributed by atoms with E-state index in [4.69, 9.17) is 4.42 Å². The SMILES string of the molecule is O=C(C1CCN(c2nc3ccccc3o2)CC1)N1CCCC(O)C1. The van der Waals surface area contributed by atoms with E-state index >= 15 is 0 Å². The molecule has 2 aliphatic rings. The van der Waals surface area contributed by atoms with E-state index in [1.807, 2.05) is 29.2 Å². The minimum atomic E-state index is -0.359. The van der Waals surface area contributed by atoms with Crippen LogP contribution in [-0.2, 0) is 4.79 Å². The number of hydrogen-bond acceptors (Lipinski definition) is 5. The number of anilines is 1. The van der Waals surface area contributed by atoms with Crippen LogP contribution in [0.4, 0.5) is 6.01 Å². The normalized spacial score (nSPS) is 23.0. The van der Waals surface area contributed by atoms with Crippen molar-refractivity contribution >= 4 is 23.0 Å². The second-order valence-corrected chi connectivity index (χ2v) is 6.81. The first kappa shape index (κ1) is 15.4. The average Bonchev–Trinajstić information content (AvgIpc) is 3.05. The molecule has 0 bridgehead atoms. The summed E-state index contributed by atoms with van der Waals surface area (Å²) in [5.74, 6) is 0.252. The minimum absolute atomic E-state index is 0.0518. The predicted octanol–water partition coefficient (Wildman–Crippen LogP) is 2.03. The summed E-state index contributed by atoms with van der Waals surface area (Å²) in [5, 5.41) is 9.76. The first-order valence-corrected chi connectivity index (χ1v) is 8.78. The standard InChI is InChI=1S/C18H23N3O3/c22-14-4-3-9-21(12-14)17(23)13-7-10-20(11-8-13)18-19-15-5-1-2-6-16(15)24-18/h1-2,5-6,13-14,22H,3-4,7-12H2.